The van der Waals surface area contributed by atoms with Crippen molar-refractivity contribution >= 4 is 5.84 Å². The number of aliphatic imine (C=N–C) groups is 1. The van der Waals surface area contributed by atoms with E-state index in [9.17, 15) is 0 Å². The highest BCUT2D eigenvalue weighted by molar-refractivity contribution is 6.00. The molecule has 0 bridgehead atoms. The molecule has 2 heterocycles. The maximum Gasteiger partial charge on any atom is 0.134 e. The van der Waals surface area contributed by atoms with Crippen LogP contribution in [0.4, 0.5) is 0 Å². The number of rotatable bonds is 3. The van der Waals surface area contributed by atoms with E-state index >= 15 is 0 Å². The topological polar surface area (TPSA) is 37.5 Å². The molecule has 3 heteroatoms. The molecule has 4 rings (SSSR count). The zero-order chi connectivity index (χ0) is 15.6. The van der Waals surface area contributed by atoms with E-state index in [4.69, 9.17) is 4.42 Å². The Bertz CT molecular complexity index is 849. The van der Waals surface area contributed by atoms with E-state index in [2.05, 4.69) is 47.6 Å². The largest absolute Gasteiger partial charge is 0.456 e. The lowest BCUT2D eigenvalue weighted by Crippen LogP contribution is -2.27. The molecule has 0 aliphatic carbocycles. The number of hydrogen-bond acceptors (Lipinski definition) is 3. The molecule has 1 unspecified atom stereocenters. The molecule has 1 aromatic heterocycles. The van der Waals surface area contributed by atoms with Gasteiger partial charge in [-0.2, -0.15) is 0 Å². The van der Waals surface area contributed by atoms with Gasteiger partial charge in [-0.05, 0) is 25.1 Å². The summed E-state index contributed by atoms with van der Waals surface area (Å²) < 4.78 is 6.03. The molecule has 1 aliphatic rings. The van der Waals surface area contributed by atoms with Crippen LogP contribution in [0.1, 0.15) is 12.5 Å². The molecule has 0 radical (unpaired) electrons. The van der Waals surface area contributed by atoms with Crippen molar-refractivity contribution in [2.75, 3.05) is 6.54 Å². The third kappa shape index (κ3) is 2.78. The first kappa shape index (κ1) is 13.8. The summed E-state index contributed by atoms with van der Waals surface area (Å²) in [7, 11) is 0. The Morgan fingerprint density at radius 2 is 1.57 bits per heavy atom. The van der Waals surface area contributed by atoms with Crippen LogP contribution in [0.15, 0.2) is 76.1 Å². The fourth-order valence-corrected chi connectivity index (χ4v) is 2.80. The predicted octanol–water partition coefficient (Wildman–Crippen LogP) is 4.35. The molecule has 114 valence electrons. The summed E-state index contributed by atoms with van der Waals surface area (Å²) in [5, 5.41) is 3.40. The summed E-state index contributed by atoms with van der Waals surface area (Å²) in [6.45, 7) is 2.97. The fourth-order valence-electron chi connectivity index (χ4n) is 2.80. The van der Waals surface area contributed by atoms with Gasteiger partial charge in [0.15, 0.2) is 0 Å². The summed E-state index contributed by atoms with van der Waals surface area (Å²) in [5.74, 6) is 2.72. The van der Waals surface area contributed by atoms with E-state index in [0.29, 0.717) is 6.04 Å². The molecule has 1 atom stereocenters. The van der Waals surface area contributed by atoms with Crippen LogP contribution in [0, 0.1) is 0 Å². The van der Waals surface area contributed by atoms with Crippen LogP contribution in [-0.4, -0.2) is 18.4 Å². The highest BCUT2D eigenvalue weighted by Crippen LogP contribution is 2.29. The van der Waals surface area contributed by atoms with Gasteiger partial charge in [0.25, 0.3) is 0 Å². The Morgan fingerprint density at radius 1 is 0.870 bits per heavy atom. The van der Waals surface area contributed by atoms with Gasteiger partial charge in [0.05, 0.1) is 6.54 Å². The molecule has 0 amide bonds. The van der Waals surface area contributed by atoms with E-state index in [-0.39, 0.29) is 0 Å². The number of amidine groups is 1. The zero-order valence-corrected chi connectivity index (χ0v) is 13.0. The molecule has 1 aliphatic heterocycles. The van der Waals surface area contributed by atoms with Gasteiger partial charge in [-0.15, -0.1) is 0 Å². The van der Waals surface area contributed by atoms with Crippen LogP contribution in [0.3, 0.4) is 0 Å². The van der Waals surface area contributed by atoms with Crippen molar-refractivity contribution in [3.05, 3.63) is 72.3 Å². The molecule has 0 saturated carbocycles. The second kappa shape index (κ2) is 5.76. The molecule has 2 aromatic carbocycles. The van der Waals surface area contributed by atoms with E-state index < -0.39 is 0 Å². The smallest absolute Gasteiger partial charge is 0.134 e. The third-order valence-electron chi connectivity index (χ3n) is 3.99. The average molecular weight is 302 g/mol. The van der Waals surface area contributed by atoms with Gasteiger partial charge in [0.2, 0.25) is 0 Å². The minimum atomic E-state index is 0.405. The maximum absolute atomic E-state index is 6.03. The normalized spacial score (nSPS) is 16.9. The molecule has 23 heavy (non-hydrogen) atoms. The van der Waals surface area contributed by atoms with Gasteiger partial charge in [-0.1, -0.05) is 48.5 Å². The first-order valence-electron chi connectivity index (χ1n) is 7.87. The Balaban J connectivity index is 1.65. The standard InChI is InChI=1S/C20H18N2O/c1-14-13-21-20(22-14)17-9-5-8-16(12-17)19-11-10-18(23-19)15-6-3-2-4-7-15/h2-12,14H,13H2,1H3,(H,21,22). The van der Waals surface area contributed by atoms with Gasteiger partial charge in [0, 0.05) is 22.7 Å². The van der Waals surface area contributed by atoms with Crippen molar-refractivity contribution in [1.82, 2.24) is 5.32 Å². The minimum absolute atomic E-state index is 0.405. The Hall–Kier alpha value is -2.81. The lowest BCUT2D eigenvalue weighted by molar-refractivity contribution is 0.597. The van der Waals surface area contributed by atoms with Crippen molar-refractivity contribution in [3.8, 4) is 22.6 Å². The number of nitrogens with one attached hydrogen (secondary N) is 1. The Labute approximate surface area is 135 Å². The van der Waals surface area contributed by atoms with Gasteiger partial charge in [0.1, 0.15) is 17.4 Å². The first-order valence-corrected chi connectivity index (χ1v) is 7.87. The lowest BCUT2D eigenvalue weighted by Gasteiger charge is -2.07. The number of benzene rings is 2. The quantitative estimate of drug-likeness (QED) is 0.781. The summed E-state index contributed by atoms with van der Waals surface area (Å²) in [5.41, 5.74) is 3.25. The van der Waals surface area contributed by atoms with Crippen LogP contribution in [0.5, 0.6) is 0 Å². The first-order chi connectivity index (χ1) is 11.3. The Morgan fingerprint density at radius 3 is 2.30 bits per heavy atom. The van der Waals surface area contributed by atoms with Crippen LogP contribution in [0.2, 0.25) is 0 Å². The SMILES string of the molecule is CC1CN=C(c2cccc(-c3ccc(-c4ccccc4)o3)c2)N1. The number of nitrogens with zero attached hydrogens (tertiary/aromatic N) is 1. The molecule has 0 spiro atoms. The molecular formula is C20H18N2O. The highest BCUT2D eigenvalue weighted by Gasteiger charge is 2.15. The summed E-state index contributed by atoms with van der Waals surface area (Å²) in [6, 6.07) is 22.9. The van der Waals surface area contributed by atoms with Crippen molar-refractivity contribution in [1.29, 1.82) is 0 Å². The summed E-state index contributed by atoms with van der Waals surface area (Å²) in [6.07, 6.45) is 0. The van der Waals surface area contributed by atoms with Crippen LogP contribution in [0.25, 0.3) is 22.6 Å². The van der Waals surface area contributed by atoms with Crippen molar-refractivity contribution in [2.24, 2.45) is 4.99 Å². The van der Waals surface area contributed by atoms with Crippen molar-refractivity contribution in [2.45, 2.75) is 13.0 Å². The molecular weight excluding hydrogens is 284 g/mol. The highest BCUT2D eigenvalue weighted by atomic mass is 16.3. The van der Waals surface area contributed by atoms with Gasteiger partial charge in [-0.3, -0.25) is 4.99 Å². The average Bonchev–Trinajstić information content (AvgIpc) is 3.25. The van der Waals surface area contributed by atoms with Crippen LogP contribution >= 0.6 is 0 Å². The van der Waals surface area contributed by atoms with E-state index in [1.807, 2.05) is 36.4 Å². The molecule has 0 fully saturated rings. The third-order valence-corrected chi connectivity index (χ3v) is 3.99. The van der Waals surface area contributed by atoms with Crippen LogP contribution < -0.4 is 5.32 Å². The second-order valence-electron chi connectivity index (χ2n) is 5.85. The molecule has 1 N–H and O–H groups in total. The maximum atomic E-state index is 6.03. The minimum Gasteiger partial charge on any atom is -0.456 e. The number of hydrogen-bond donors (Lipinski definition) is 1. The fraction of sp³-hybridized carbons (Fsp3) is 0.150. The lowest BCUT2D eigenvalue weighted by atomic mass is 10.1. The van der Waals surface area contributed by atoms with Gasteiger partial charge >= 0.3 is 0 Å². The second-order valence-corrected chi connectivity index (χ2v) is 5.85. The van der Waals surface area contributed by atoms with E-state index in [1.165, 1.54) is 0 Å². The van der Waals surface area contributed by atoms with Gasteiger partial charge in [-0.25, -0.2) is 0 Å². The summed E-state index contributed by atoms with van der Waals surface area (Å²) >= 11 is 0. The molecule has 3 aromatic rings. The van der Waals surface area contributed by atoms with Crippen LogP contribution in [-0.2, 0) is 0 Å². The monoisotopic (exact) mass is 302 g/mol. The number of furan rings is 1. The predicted molar refractivity (Wildman–Crippen MR) is 93.6 cm³/mol. The Kier molecular flexibility index (Phi) is 3.46. The van der Waals surface area contributed by atoms with E-state index in [1.54, 1.807) is 0 Å². The van der Waals surface area contributed by atoms with E-state index in [0.717, 1.165) is 40.6 Å². The molecule has 3 nitrogen and oxygen atoms in total. The summed E-state index contributed by atoms with van der Waals surface area (Å²) in [4.78, 5) is 4.55. The van der Waals surface area contributed by atoms with Crippen molar-refractivity contribution < 1.29 is 4.42 Å². The van der Waals surface area contributed by atoms with Gasteiger partial charge < -0.3 is 9.73 Å². The molecule has 0 saturated heterocycles. The van der Waals surface area contributed by atoms with Crippen molar-refractivity contribution in [3.63, 3.8) is 0 Å². The zero-order valence-electron chi connectivity index (χ0n) is 13.0.